The molecule has 8 heteroatoms. The number of benzene rings is 1. The molecule has 0 aliphatic carbocycles. The number of amides is 1. The highest BCUT2D eigenvalue weighted by Gasteiger charge is 2.33. The monoisotopic (exact) mass is 436 g/mol. The molecule has 166 valence electrons. The van der Waals surface area contributed by atoms with Crippen LogP contribution in [-0.2, 0) is 0 Å². The van der Waals surface area contributed by atoms with E-state index in [1.807, 2.05) is 6.07 Å². The van der Waals surface area contributed by atoms with E-state index in [0.717, 1.165) is 36.9 Å². The third-order valence-electron chi connectivity index (χ3n) is 6.11. The first-order valence-electron chi connectivity index (χ1n) is 10.9. The molecule has 0 spiro atoms. The largest absolute Gasteiger partial charge is 0.492 e. The first kappa shape index (κ1) is 20.4. The van der Waals surface area contributed by atoms with Crippen molar-refractivity contribution in [2.75, 3.05) is 25.6 Å². The number of hydrogen-bond donors (Lipinski definition) is 3. The number of hydrogen-bond acceptors (Lipinski definition) is 5. The average molecular weight is 436 g/mol. The van der Waals surface area contributed by atoms with Gasteiger partial charge in [-0.15, -0.1) is 0 Å². The number of rotatable bonds is 3. The molecule has 4 heterocycles. The van der Waals surface area contributed by atoms with Crippen LogP contribution in [0.4, 0.5) is 15.8 Å². The molecule has 3 aromatic rings. The van der Waals surface area contributed by atoms with Crippen molar-refractivity contribution in [2.24, 2.45) is 0 Å². The molecule has 7 nitrogen and oxygen atoms in total. The van der Waals surface area contributed by atoms with Gasteiger partial charge in [-0.25, -0.2) is 4.39 Å². The number of aromatic nitrogens is 2. The number of halogens is 1. The molecule has 2 aromatic heterocycles. The van der Waals surface area contributed by atoms with Crippen molar-refractivity contribution in [3.05, 3.63) is 53.7 Å². The standard InChI is InChI=1S/C24H25FN4O3/c1-31-23-16(25)7-5-8-17(23)28-22-19-20-14(12-27-24(19)30)6-3-2-4-11-32-18-13-26-10-9-15(18)21(22)29-20/h5,7-10,13-14,28-29H,2-4,6,11-12H2,1H3,(H,27,30)/t14-/m0/s1. The molecule has 2 aliphatic heterocycles. The van der Waals surface area contributed by atoms with Crippen LogP contribution in [0.3, 0.4) is 0 Å². The van der Waals surface area contributed by atoms with E-state index in [1.165, 1.54) is 13.2 Å². The highest BCUT2D eigenvalue weighted by atomic mass is 19.1. The fourth-order valence-corrected chi connectivity index (χ4v) is 4.54. The zero-order valence-electron chi connectivity index (χ0n) is 17.8. The minimum absolute atomic E-state index is 0.0882. The fraction of sp³-hybridized carbons (Fsp3) is 0.333. The molecule has 1 amide bonds. The van der Waals surface area contributed by atoms with Crippen LogP contribution in [0.5, 0.6) is 11.5 Å². The van der Waals surface area contributed by atoms with E-state index in [0.29, 0.717) is 41.5 Å². The van der Waals surface area contributed by atoms with Crippen molar-refractivity contribution < 1.29 is 18.7 Å². The number of nitrogens with one attached hydrogen (secondary N) is 3. The van der Waals surface area contributed by atoms with Crippen LogP contribution in [0.2, 0.25) is 0 Å². The molecule has 1 aromatic carbocycles. The average Bonchev–Trinajstić information content (AvgIpc) is 3.17. The summed E-state index contributed by atoms with van der Waals surface area (Å²) in [6.07, 6.45) is 7.38. The molecule has 0 fully saturated rings. The Morgan fingerprint density at radius 3 is 3.03 bits per heavy atom. The lowest BCUT2D eigenvalue weighted by atomic mass is 9.91. The zero-order chi connectivity index (χ0) is 22.1. The summed E-state index contributed by atoms with van der Waals surface area (Å²) in [4.78, 5) is 20.8. The highest BCUT2D eigenvalue weighted by Crippen LogP contribution is 2.44. The normalized spacial score (nSPS) is 17.8. The lowest BCUT2D eigenvalue weighted by molar-refractivity contribution is 0.0939. The van der Waals surface area contributed by atoms with Crippen LogP contribution in [-0.4, -0.2) is 36.1 Å². The van der Waals surface area contributed by atoms with Gasteiger partial charge in [0.1, 0.15) is 5.75 Å². The van der Waals surface area contributed by atoms with E-state index in [2.05, 4.69) is 20.6 Å². The van der Waals surface area contributed by atoms with Gasteiger partial charge in [0, 0.05) is 29.9 Å². The molecule has 2 bridgehead atoms. The van der Waals surface area contributed by atoms with E-state index in [1.54, 1.807) is 24.5 Å². The lowest BCUT2D eigenvalue weighted by Crippen LogP contribution is -2.35. The minimum atomic E-state index is -0.482. The van der Waals surface area contributed by atoms with Gasteiger partial charge in [0.25, 0.3) is 5.91 Å². The number of methoxy groups -OCH3 is 1. The Labute approximate surface area is 185 Å². The van der Waals surface area contributed by atoms with Gasteiger partial charge in [0.05, 0.1) is 42.5 Å². The summed E-state index contributed by atoms with van der Waals surface area (Å²) in [5.41, 5.74) is 3.95. The van der Waals surface area contributed by atoms with E-state index in [-0.39, 0.29) is 17.6 Å². The maximum absolute atomic E-state index is 14.4. The van der Waals surface area contributed by atoms with Crippen molar-refractivity contribution in [2.45, 2.75) is 31.6 Å². The molecule has 0 unspecified atom stereocenters. The van der Waals surface area contributed by atoms with Gasteiger partial charge in [-0.1, -0.05) is 18.9 Å². The van der Waals surface area contributed by atoms with Crippen LogP contribution in [0, 0.1) is 5.82 Å². The number of carbonyl (C=O) groups excluding carboxylic acids is 1. The van der Waals surface area contributed by atoms with Crippen LogP contribution in [0.1, 0.15) is 47.7 Å². The number of ether oxygens (including phenoxy) is 2. The Bertz CT molecular complexity index is 1160. The summed E-state index contributed by atoms with van der Waals surface area (Å²) < 4.78 is 25.7. The van der Waals surface area contributed by atoms with Crippen LogP contribution < -0.4 is 20.1 Å². The number of H-pyrrole nitrogens is 1. The van der Waals surface area contributed by atoms with Crippen molar-refractivity contribution in [3.8, 4) is 22.8 Å². The van der Waals surface area contributed by atoms with Crippen molar-refractivity contribution in [1.29, 1.82) is 0 Å². The third kappa shape index (κ3) is 3.55. The predicted octanol–water partition coefficient (Wildman–Crippen LogP) is 4.75. The number of carbonyl (C=O) groups is 1. The van der Waals surface area contributed by atoms with Crippen molar-refractivity contribution >= 4 is 17.3 Å². The summed E-state index contributed by atoms with van der Waals surface area (Å²) in [6.45, 7) is 1.19. The Hall–Kier alpha value is -3.55. The number of para-hydroxylation sites is 1. The van der Waals surface area contributed by atoms with E-state index in [9.17, 15) is 9.18 Å². The van der Waals surface area contributed by atoms with Gasteiger partial charge in [0.15, 0.2) is 11.6 Å². The smallest absolute Gasteiger partial charge is 0.255 e. The Morgan fingerprint density at radius 2 is 2.16 bits per heavy atom. The van der Waals surface area contributed by atoms with E-state index >= 15 is 0 Å². The van der Waals surface area contributed by atoms with Crippen LogP contribution in [0.15, 0.2) is 36.7 Å². The molecule has 1 atom stereocenters. The first-order valence-corrected chi connectivity index (χ1v) is 10.9. The van der Waals surface area contributed by atoms with Crippen LogP contribution in [0.25, 0.3) is 11.3 Å². The number of anilines is 2. The molecule has 5 rings (SSSR count). The maximum Gasteiger partial charge on any atom is 0.255 e. The predicted molar refractivity (Wildman–Crippen MR) is 119 cm³/mol. The number of fused-ring (bicyclic) bond motifs is 3. The van der Waals surface area contributed by atoms with Gasteiger partial charge in [-0.05, 0) is 31.0 Å². The quantitative estimate of drug-likeness (QED) is 0.552. The molecule has 32 heavy (non-hydrogen) atoms. The lowest BCUT2D eigenvalue weighted by Gasteiger charge is -2.24. The summed E-state index contributed by atoms with van der Waals surface area (Å²) >= 11 is 0. The molecular weight excluding hydrogens is 411 g/mol. The van der Waals surface area contributed by atoms with Crippen molar-refractivity contribution in [3.63, 3.8) is 0 Å². The minimum Gasteiger partial charge on any atom is -0.492 e. The van der Waals surface area contributed by atoms with Gasteiger partial charge in [-0.2, -0.15) is 0 Å². The second-order valence-corrected chi connectivity index (χ2v) is 8.09. The Morgan fingerprint density at radius 1 is 1.25 bits per heavy atom. The molecule has 2 aliphatic rings. The molecule has 0 saturated heterocycles. The summed E-state index contributed by atoms with van der Waals surface area (Å²) in [5, 5.41) is 6.31. The summed E-state index contributed by atoms with van der Waals surface area (Å²) in [7, 11) is 1.42. The first-order chi connectivity index (χ1) is 15.7. The highest BCUT2D eigenvalue weighted by molar-refractivity contribution is 6.07. The maximum atomic E-state index is 14.4. The molecule has 0 radical (unpaired) electrons. The van der Waals surface area contributed by atoms with Crippen LogP contribution >= 0.6 is 0 Å². The zero-order valence-corrected chi connectivity index (χ0v) is 17.8. The molecular formula is C24H25FN4O3. The van der Waals surface area contributed by atoms with E-state index < -0.39 is 5.82 Å². The summed E-state index contributed by atoms with van der Waals surface area (Å²) in [6, 6.07) is 6.52. The fourth-order valence-electron chi connectivity index (χ4n) is 4.54. The number of pyridine rings is 1. The number of aromatic amines is 1. The summed E-state index contributed by atoms with van der Waals surface area (Å²) in [5.74, 6) is 0.257. The third-order valence-corrected chi connectivity index (χ3v) is 6.11. The molecule has 0 saturated carbocycles. The topological polar surface area (TPSA) is 88.3 Å². The van der Waals surface area contributed by atoms with Gasteiger partial charge >= 0.3 is 0 Å². The van der Waals surface area contributed by atoms with Crippen molar-refractivity contribution in [1.82, 2.24) is 15.3 Å². The van der Waals surface area contributed by atoms with E-state index in [4.69, 9.17) is 9.47 Å². The SMILES string of the molecule is COc1c(F)cccc1Nc1c2[nH]c3c1C(=O)NC[C@@H]3CCCCCOc1cnccc1-2. The van der Waals surface area contributed by atoms with Gasteiger partial charge < -0.3 is 25.1 Å². The number of nitrogens with zero attached hydrogens (tertiary/aromatic N) is 1. The van der Waals surface area contributed by atoms with Gasteiger partial charge in [-0.3, -0.25) is 9.78 Å². The Kier molecular flexibility index (Phi) is 5.43. The van der Waals surface area contributed by atoms with Gasteiger partial charge in [0.2, 0.25) is 0 Å². The molecule has 3 N–H and O–H groups in total. The Balaban J connectivity index is 1.73. The second kappa shape index (κ2) is 8.53. The second-order valence-electron chi connectivity index (χ2n) is 8.09.